The second kappa shape index (κ2) is 5.93. The van der Waals surface area contributed by atoms with E-state index in [1.165, 1.54) is 0 Å². The molecular formula is C12H21NO2. The lowest BCUT2D eigenvalue weighted by Gasteiger charge is -2.25. The molecule has 0 aliphatic rings. The largest absolute Gasteiger partial charge is 0.467 e. The smallest absolute Gasteiger partial charge is 0.129 e. The van der Waals surface area contributed by atoms with Gasteiger partial charge in [0, 0.05) is 6.54 Å². The third-order valence-corrected chi connectivity index (χ3v) is 2.16. The van der Waals surface area contributed by atoms with Crippen LogP contribution in [0.5, 0.6) is 0 Å². The monoisotopic (exact) mass is 211 g/mol. The molecule has 3 nitrogen and oxygen atoms in total. The molecule has 0 saturated heterocycles. The molecule has 1 N–H and O–H groups in total. The van der Waals surface area contributed by atoms with Crippen molar-refractivity contribution >= 4 is 0 Å². The van der Waals surface area contributed by atoms with E-state index in [1.54, 1.807) is 6.26 Å². The van der Waals surface area contributed by atoms with Gasteiger partial charge in [0.15, 0.2) is 0 Å². The van der Waals surface area contributed by atoms with Crippen molar-refractivity contribution in [3.05, 3.63) is 24.2 Å². The zero-order chi connectivity index (χ0) is 11.1. The second-order valence-corrected chi connectivity index (χ2v) is 4.30. The van der Waals surface area contributed by atoms with Crippen LogP contribution in [0.2, 0.25) is 0 Å². The van der Waals surface area contributed by atoms with Gasteiger partial charge < -0.3 is 14.5 Å². The summed E-state index contributed by atoms with van der Waals surface area (Å²) in [5.74, 6) is 0.874. The Bertz CT molecular complexity index is 255. The highest BCUT2D eigenvalue weighted by Gasteiger charge is 2.18. The maximum Gasteiger partial charge on any atom is 0.129 e. The number of nitrogens with one attached hydrogen (secondary N) is 1. The summed E-state index contributed by atoms with van der Waals surface area (Å²) in [4.78, 5) is 0. The first kappa shape index (κ1) is 12.3. The van der Waals surface area contributed by atoms with Gasteiger partial charge >= 0.3 is 0 Å². The fourth-order valence-corrected chi connectivity index (χ4v) is 1.28. The van der Waals surface area contributed by atoms with Crippen LogP contribution < -0.4 is 5.32 Å². The van der Waals surface area contributed by atoms with E-state index in [-0.39, 0.29) is 5.60 Å². The Balaban J connectivity index is 2.23. The molecule has 0 atom stereocenters. The molecule has 0 spiro atoms. The Hall–Kier alpha value is -0.800. The van der Waals surface area contributed by atoms with E-state index < -0.39 is 0 Å². The molecule has 0 unspecified atom stereocenters. The molecule has 15 heavy (non-hydrogen) atoms. The number of ether oxygens (including phenoxy) is 1. The third kappa shape index (κ3) is 5.00. The number of hydrogen-bond acceptors (Lipinski definition) is 3. The van der Waals surface area contributed by atoms with E-state index in [9.17, 15) is 0 Å². The molecule has 0 radical (unpaired) electrons. The van der Waals surface area contributed by atoms with Crippen molar-refractivity contribution in [3.8, 4) is 0 Å². The van der Waals surface area contributed by atoms with E-state index in [4.69, 9.17) is 9.15 Å². The van der Waals surface area contributed by atoms with Gasteiger partial charge in [-0.25, -0.2) is 0 Å². The lowest BCUT2D eigenvalue weighted by Crippen LogP contribution is -2.37. The molecule has 0 fully saturated rings. The quantitative estimate of drug-likeness (QED) is 0.704. The number of hydrogen-bond donors (Lipinski definition) is 1. The van der Waals surface area contributed by atoms with Crippen LogP contribution in [0.4, 0.5) is 0 Å². The average molecular weight is 211 g/mol. The summed E-state index contributed by atoms with van der Waals surface area (Å²) < 4.78 is 11.0. The van der Waals surface area contributed by atoms with Crippen LogP contribution >= 0.6 is 0 Å². The molecule has 0 aliphatic heterocycles. The molecule has 3 heteroatoms. The van der Waals surface area contributed by atoms with Crippen molar-refractivity contribution in [3.63, 3.8) is 0 Å². The van der Waals surface area contributed by atoms with Gasteiger partial charge in [0.25, 0.3) is 0 Å². The summed E-state index contributed by atoms with van der Waals surface area (Å²) in [5.41, 5.74) is -0.151. The zero-order valence-electron chi connectivity index (χ0n) is 9.88. The van der Waals surface area contributed by atoms with Gasteiger partial charge in [-0.2, -0.15) is 0 Å². The minimum atomic E-state index is -0.151. The fraction of sp³-hybridized carbons (Fsp3) is 0.667. The molecule has 1 aromatic rings. The van der Waals surface area contributed by atoms with E-state index >= 15 is 0 Å². The molecule has 0 aromatic carbocycles. The van der Waals surface area contributed by atoms with Crippen LogP contribution in [0.3, 0.4) is 0 Å². The van der Waals surface area contributed by atoms with Crippen LogP contribution in [0, 0.1) is 0 Å². The average Bonchev–Trinajstić information content (AvgIpc) is 2.68. The zero-order valence-corrected chi connectivity index (χ0v) is 9.88. The molecule has 86 valence electrons. The Morgan fingerprint density at radius 3 is 2.87 bits per heavy atom. The number of rotatable bonds is 7. The number of furan rings is 1. The van der Waals surface area contributed by atoms with Gasteiger partial charge in [0.2, 0.25) is 0 Å². The molecular weight excluding hydrogens is 190 g/mol. The Morgan fingerprint density at radius 1 is 1.47 bits per heavy atom. The van der Waals surface area contributed by atoms with Crippen molar-refractivity contribution in [1.29, 1.82) is 0 Å². The highest BCUT2D eigenvalue weighted by Crippen LogP contribution is 2.12. The van der Waals surface area contributed by atoms with Gasteiger partial charge in [-0.3, -0.25) is 0 Å². The summed E-state index contributed by atoms with van der Waals surface area (Å²) in [6.07, 6.45) is 2.81. The predicted molar refractivity (Wildman–Crippen MR) is 60.7 cm³/mol. The van der Waals surface area contributed by atoms with Crippen molar-refractivity contribution in [2.75, 3.05) is 13.1 Å². The lowest BCUT2D eigenvalue weighted by molar-refractivity contribution is -0.0345. The minimum Gasteiger partial charge on any atom is -0.467 e. The minimum absolute atomic E-state index is 0.151. The first-order chi connectivity index (χ1) is 7.14. The van der Waals surface area contributed by atoms with Crippen LogP contribution in [0.1, 0.15) is 33.0 Å². The second-order valence-electron chi connectivity index (χ2n) is 4.30. The summed E-state index contributed by atoms with van der Waals surface area (Å²) in [7, 11) is 0. The summed E-state index contributed by atoms with van der Waals surface area (Å²) in [5, 5.41) is 3.35. The van der Waals surface area contributed by atoms with Gasteiger partial charge in [-0.05, 0) is 38.9 Å². The van der Waals surface area contributed by atoms with Crippen molar-refractivity contribution in [1.82, 2.24) is 5.32 Å². The topological polar surface area (TPSA) is 34.4 Å². The Labute approximate surface area is 91.8 Å². The van der Waals surface area contributed by atoms with Gasteiger partial charge in [0.1, 0.15) is 12.4 Å². The molecule has 0 bridgehead atoms. The maximum atomic E-state index is 5.76. The van der Waals surface area contributed by atoms with Gasteiger partial charge in [-0.15, -0.1) is 0 Å². The highest BCUT2D eigenvalue weighted by molar-refractivity contribution is 4.96. The standard InChI is InChI=1S/C12H21NO2/c1-4-7-13-10-12(2,3)15-9-11-6-5-8-14-11/h5-6,8,13H,4,7,9-10H2,1-3H3. The molecule has 1 rings (SSSR count). The fourth-order valence-electron chi connectivity index (χ4n) is 1.28. The van der Waals surface area contributed by atoms with E-state index in [0.29, 0.717) is 6.61 Å². The normalized spacial score (nSPS) is 11.9. The lowest BCUT2D eigenvalue weighted by atomic mass is 10.1. The van der Waals surface area contributed by atoms with Crippen molar-refractivity contribution < 1.29 is 9.15 Å². The molecule has 1 heterocycles. The Morgan fingerprint density at radius 2 is 2.27 bits per heavy atom. The van der Waals surface area contributed by atoms with E-state index in [0.717, 1.165) is 25.3 Å². The third-order valence-electron chi connectivity index (χ3n) is 2.16. The summed E-state index contributed by atoms with van der Waals surface area (Å²) in [6.45, 7) is 8.75. The first-order valence-electron chi connectivity index (χ1n) is 5.51. The first-order valence-corrected chi connectivity index (χ1v) is 5.51. The molecule has 0 aliphatic carbocycles. The predicted octanol–water partition coefficient (Wildman–Crippen LogP) is 2.57. The SMILES string of the molecule is CCCNCC(C)(C)OCc1ccco1. The van der Waals surface area contributed by atoms with Crippen molar-refractivity contribution in [2.24, 2.45) is 0 Å². The molecule has 0 amide bonds. The maximum absolute atomic E-state index is 5.76. The van der Waals surface area contributed by atoms with Crippen LogP contribution in [-0.2, 0) is 11.3 Å². The summed E-state index contributed by atoms with van der Waals surface area (Å²) in [6, 6.07) is 3.80. The van der Waals surface area contributed by atoms with E-state index in [1.807, 2.05) is 12.1 Å². The van der Waals surface area contributed by atoms with Gasteiger partial charge in [-0.1, -0.05) is 6.92 Å². The van der Waals surface area contributed by atoms with Crippen LogP contribution in [-0.4, -0.2) is 18.7 Å². The highest BCUT2D eigenvalue weighted by atomic mass is 16.5. The van der Waals surface area contributed by atoms with Crippen LogP contribution in [0.15, 0.2) is 22.8 Å². The van der Waals surface area contributed by atoms with E-state index in [2.05, 4.69) is 26.1 Å². The molecule has 0 saturated carbocycles. The van der Waals surface area contributed by atoms with Crippen LogP contribution in [0.25, 0.3) is 0 Å². The van der Waals surface area contributed by atoms with Gasteiger partial charge in [0.05, 0.1) is 11.9 Å². The molecule has 1 aromatic heterocycles. The van der Waals surface area contributed by atoms with Crippen molar-refractivity contribution in [2.45, 2.75) is 39.4 Å². The summed E-state index contributed by atoms with van der Waals surface area (Å²) >= 11 is 0. The Kier molecular flexibility index (Phi) is 4.85.